The molecule has 4 nitrogen and oxygen atoms in total. The maximum absolute atomic E-state index is 5.65. The summed E-state index contributed by atoms with van der Waals surface area (Å²) in [5.41, 5.74) is 2.44. The van der Waals surface area contributed by atoms with Gasteiger partial charge in [0, 0.05) is 19.3 Å². The van der Waals surface area contributed by atoms with E-state index >= 15 is 0 Å². The lowest BCUT2D eigenvalue weighted by Gasteiger charge is -2.07. The molecule has 4 heteroatoms. The minimum absolute atomic E-state index is 0.666. The minimum Gasteiger partial charge on any atom is -0.490 e. The van der Waals surface area contributed by atoms with Gasteiger partial charge >= 0.3 is 0 Å². The van der Waals surface area contributed by atoms with Crippen LogP contribution in [0, 0.1) is 0 Å². The number of hydrogen-bond acceptors (Lipinski definition) is 4. The Balaban J connectivity index is 1.77. The van der Waals surface area contributed by atoms with E-state index in [4.69, 9.17) is 9.47 Å². The third-order valence-corrected chi connectivity index (χ3v) is 4.42. The van der Waals surface area contributed by atoms with Crippen molar-refractivity contribution in [3.05, 3.63) is 42.2 Å². The molecular formula is C22H32N2O2. The van der Waals surface area contributed by atoms with Gasteiger partial charge in [-0.2, -0.15) is 0 Å². The predicted molar refractivity (Wildman–Crippen MR) is 107 cm³/mol. The Morgan fingerprint density at radius 2 is 1.50 bits per heavy atom. The summed E-state index contributed by atoms with van der Waals surface area (Å²) in [6.07, 6.45) is 13.2. The zero-order valence-corrected chi connectivity index (χ0v) is 16.2. The van der Waals surface area contributed by atoms with Crippen molar-refractivity contribution in [3.63, 3.8) is 0 Å². The average Bonchev–Trinajstić information content (AvgIpc) is 2.69. The van der Waals surface area contributed by atoms with Crippen molar-refractivity contribution in [2.24, 2.45) is 0 Å². The van der Waals surface area contributed by atoms with E-state index < -0.39 is 0 Å². The number of nitrogens with zero attached hydrogens (tertiary/aromatic N) is 2. The molecular weight excluding hydrogens is 324 g/mol. The number of aryl methyl sites for hydroxylation is 1. The summed E-state index contributed by atoms with van der Waals surface area (Å²) in [5.74, 6) is 1.46. The first-order chi connectivity index (χ1) is 12.8. The number of unbranched alkanes of at least 4 members (excludes halogenated alkanes) is 5. The van der Waals surface area contributed by atoms with E-state index in [0.29, 0.717) is 6.61 Å². The molecule has 0 aliphatic carbocycles. The average molecular weight is 357 g/mol. The standard InChI is InChI=1S/C22H32N2O2/c1-3-4-5-6-7-10-19-11-13-20(14-12-19)22-23-17-21(18-24-22)26-16-9-8-15-25-2/h11-14,17-18H,3-10,15-16H2,1-2H3. The molecule has 26 heavy (non-hydrogen) atoms. The van der Waals surface area contributed by atoms with Crippen LogP contribution in [0.3, 0.4) is 0 Å². The Bertz CT molecular complexity index is 541. The summed E-state index contributed by atoms with van der Waals surface area (Å²) in [5, 5.41) is 0. The van der Waals surface area contributed by atoms with E-state index in [1.165, 1.54) is 37.7 Å². The van der Waals surface area contributed by atoms with Crippen molar-refractivity contribution in [3.8, 4) is 17.1 Å². The van der Waals surface area contributed by atoms with Gasteiger partial charge in [0.1, 0.15) is 0 Å². The van der Waals surface area contributed by atoms with Crippen molar-refractivity contribution >= 4 is 0 Å². The number of rotatable bonds is 13. The second kappa shape index (κ2) is 12.4. The van der Waals surface area contributed by atoms with Crippen molar-refractivity contribution < 1.29 is 9.47 Å². The van der Waals surface area contributed by atoms with Crippen LogP contribution >= 0.6 is 0 Å². The Hall–Kier alpha value is -1.94. The molecule has 0 spiro atoms. The summed E-state index contributed by atoms with van der Waals surface area (Å²) in [6.45, 7) is 3.69. The van der Waals surface area contributed by atoms with Crippen molar-refractivity contribution in [2.45, 2.75) is 58.3 Å². The Labute approximate surface area is 158 Å². The van der Waals surface area contributed by atoms with Crippen molar-refractivity contribution in [2.75, 3.05) is 20.3 Å². The van der Waals surface area contributed by atoms with Gasteiger partial charge in [-0.15, -0.1) is 0 Å². The molecule has 0 saturated heterocycles. The fourth-order valence-electron chi connectivity index (χ4n) is 2.83. The molecule has 0 saturated carbocycles. The molecule has 0 fully saturated rings. The molecule has 0 unspecified atom stereocenters. The van der Waals surface area contributed by atoms with Gasteiger partial charge in [-0.1, -0.05) is 56.9 Å². The van der Waals surface area contributed by atoms with Crippen LogP contribution in [0.5, 0.6) is 5.75 Å². The summed E-state index contributed by atoms with van der Waals surface area (Å²) < 4.78 is 10.7. The van der Waals surface area contributed by atoms with Gasteiger partial charge in [0.25, 0.3) is 0 Å². The van der Waals surface area contributed by atoms with E-state index in [0.717, 1.165) is 43.0 Å². The quantitative estimate of drug-likeness (QED) is 0.447. The van der Waals surface area contributed by atoms with Gasteiger partial charge in [-0.3, -0.25) is 0 Å². The molecule has 0 bridgehead atoms. The van der Waals surface area contributed by atoms with Gasteiger partial charge in [-0.25, -0.2) is 9.97 Å². The lowest BCUT2D eigenvalue weighted by Crippen LogP contribution is -2.00. The van der Waals surface area contributed by atoms with Crippen LogP contribution < -0.4 is 4.74 Å². The first kappa shape index (κ1) is 20.4. The molecule has 2 rings (SSSR count). The predicted octanol–water partition coefficient (Wildman–Crippen LogP) is 5.46. The van der Waals surface area contributed by atoms with Crippen LogP contribution in [0.25, 0.3) is 11.4 Å². The highest BCUT2D eigenvalue weighted by Crippen LogP contribution is 2.18. The minimum atomic E-state index is 0.666. The molecule has 142 valence electrons. The highest BCUT2D eigenvalue weighted by atomic mass is 16.5. The Morgan fingerprint density at radius 3 is 2.19 bits per heavy atom. The van der Waals surface area contributed by atoms with Gasteiger partial charge in [0.2, 0.25) is 0 Å². The molecule has 1 aromatic heterocycles. The summed E-state index contributed by atoms with van der Waals surface area (Å²) >= 11 is 0. The van der Waals surface area contributed by atoms with E-state index in [2.05, 4.69) is 41.2 Å². The van der Waals surface area contributed by atoms with Gasteiger partial charge in [-0.05, 0) is 31.2 Å². The third kappa shape index (κ3) is 7.52. The van der Waals surface area contributed by atoms with Crippen LogP contribution in [-0.2, 0) is 11.2 Å². The second-order valence-corrected chi connectivity index (χ2v) is 6.65. The highest BCUT2D eigenvalue weighted by Gasteiger charge is 2.03. The van der Waals surface area contributed by atoms with E-state index in [-0.39, 0.29) is 0 Å². The van der Waals surface area contributed by atoms with Crippen LogP contribution in [0.1, 0.15) is 57.4 Å². The lowest BCUT2D eigenvalue weighted by molar-refractivity contribution is 0.184. The van der Waals surface area contributed by atoms with Crippen LogP contribution in [0.2, 0.25) is 0 Å². The monoisotopic (exact) mass is 356 g/mol. The summed E-state index contributed by atoms with van der Waals surface area (Å²) in [6, 6.07) is 8.61. The van der Waals surface area contributed by atoms with Gasteiger partial charge < -0.3 is 9.47 Å². The number of benzene rings is 1. The molecule has 0 amide bonds. The molecule has 0 aliphatic heterocycles. The summed E-state index contributed by atoms with van der Waals surface area (Å²) in [4.78, 5) is 8.86. The van der Waals surface area contributed by atoms with E-state index in [1.807, 2.05) is 0 Å². The van der Waals surface area contributed by atoms with Crippen LogP contribution in [0.4, 0.5) is 0 Å². The lowest BCUT2D eigenvalue weighted by atomic mass is 10.0. The molecule has 2 aromatic rings. The Kier molecular flexibility index (Phi) is 9.73. The first-order valence-electron chi connectivity index (χ1n) is 9.86. The SMILES string of the molecule is CCCCCCCc1ccc(-c2ncc(OCCCCOC)cn2)cc1. The normalized spacial score (nSPS) is 10.8. The highest BCUT2D eigenvalue weighted by molar-refractivity contribution is 5.55. The number of aromatic nitrogens is 2. The molecule has 0 N–H and O–H groups in total. The first-order valence-corrected chi connectivity index (χ1v) is 9.86. The molecule has 1 heterocycles. The molecule has 0 aliphatic rings. The van der Waals surface area contributed by atoms with Gasteiger partial charge in [0.05, 0.1) is 19.0 Å². The zero-order chi connectivity index (χ0) is 18.5. The largest absolute Gasteiger partial charge is 0.490 e. The molecule has 1 aromatic carbocycles. The number of methoxy groups -OCH3 is 1. The fraction of sp³-hybridized carbons (Fsp3) is 0.545. The number of hydrogen-bond donors (Lipinski definition) is 0. The van der Waals surface area contributed by atoms with Crippen LogP contribution in [-0.4, -0.2) is 30.3 Å². The maximum atomic E-state index is 5.65. The number of ether oxygens (including phenoxy) is 2. The van der Waals surface area contributed by atoms with E-state index in [9.17, 15) is 0 Å². The van der Waals surface area contributed by atoms with Crippen molar-refractivity contribution in [1.82, 2.24) is 9.97 Å². The third-order valence-electron chi connectivity index (χ3n) is 4.42. The summed E-state index contributed by atoms with van der Waals surface area (Å²) in [7, 11) is 1.72. The molecule has 0 atom stereocenters. The van der Waals surface area contributed by atoms with Crippen molar-refractivity contribution in [1.29, 1.82) is 0 Å². The fourth-order valence-corrected chi connectivity index (χ4v) is 2.83. The topological polar surface area (TPSA) is 44.2 Å². The second-order valence-electron chi connectivity index (χ2n) is 6.65. The van der Waals surface area contributed by atoms with Gasteiger partial charge in [0.15, 0.2) is 11.6 Å². The Morgan fingerprint density at radius 1 is 0.808 bits per heavy atom. The zero-order valence-electron chi connectivity index (χ0n) is 16.2. The van der Waals surface area contributed by atoms with Crippen LogP contribution in [0.15, 0.2) is 36.7 Å². The van der Waals surface area contributed by atoms with E-state index in [1.54, 1.807) is 19.5 Å². The smallest absolute Gasteiger partial charge is 0.159 e. The maximum Gasteiger partial charge on any atom is 0.159 e. The molecule has 0 radical (unpaired) electrons.